The summed E-state index contributed by atoms with van der Waals surface area (Å²) in [6.07, 6.45) is 2.96. The number of hydrogen-bond donors (Lipinski definition) is 1. The number of rotatable bonds is 6. The molecule has 1 aromatic carbocycles. The van der Waals surface area contributed by atoms with E-state index >= 15 is 0 Å². The summed E-state index contributed by atoms with van der Waals surface area (Å²) in [5, 5.41) is 3.38. The van der Waals surface area contributed by atoms with Crippen LogP contribution in [0.4, 0.5) is 14.6 Å². The van der Waals surface area contributed by atoms with E-state index in [2.05, 4.69) is 20.0 Å². The number of carbonyl (C=O) groups excluding carboxylic acids is 1. The van der Waals surface area contributed by atoms with Gasteiger partial charge in [0.2, 0.25) is 0 Å². The molecule has 0 bridgehead atoms. The number of carbonyl (C=O) groups is 1. The average Bonchev–Trinajstić information content (AvgIpc) is 2.54. The van der Waals surface area contributed by atoms with Crippen LogP contribution >= 0.6 is 11.8 Å². The van der Waals surface area contributed by atoms with E-state index in [1.165, 1.54) is 31.3 Å². The van der Waals surface area contributed by atoms with Crippen molar-refractivity contribution in [1.29, 1.82) is 0 Å². The summed E-state index contributed by atoms with van der Waals surface area (Å²) in [4.78, 5) is 19.3. The van der Waals surface area contributed by atoms with Gasteiger partial charge in [-0.15, -0.1) is 0 Å². The Hall–Kier alpha value is -2.22. The van der Waals surface area contributed by atoms with Crippen LogP contribution in [0.15, 0.2) is 35.6 Å². The number of nitrogens with one attached hydrogen (secondary N) is 1. The van der Waals surface area contributed by atoms with E-state index in [0.717, 1.165) is 18.2 Å². The number of nitrogens with zero attached hydrogens (tertiary/aromatic N) is 2. The van der Waals surface area contributed by atoms with Crippen LogP contribution in [0.1, 0.15) is 5.56 Å². The number of esters is 1. The van der Waals surface area contributed by atoms with Gasteiger partial charge in [0.05, 0.1) is 25.3 Å². The van der Waals surface area contributed by atoms with Gasteiger partial charge in [-0.25, -0.2) is 13.8 Å². The number of ether oxygens (including phenoxy) is 1. The Morgan fingerprint density at radius 3 is 2.95 bits per heavy atom. The zero-order valence-electron chi connectivity index (χ0n) is 11.7. The Balaban J connectivity index is 1.98. The molecule has 1 heterocycles. The second kappa shape index (κ2) is 7.69. The molecule has 22 heavy (non-hydrogen) atoms. The highest BCUT2D eigenvalue weighted by atomic mass is 32.2. The quantitative estimate of drug-likeness (QED) is 0.651. The SMILES string of the molecule is COC(=O)CSc1cncc(NCc2cc(F)ccc2F)n1. The zero-order valence-corrected chi connectivity index (χ0v) is 12.5. The van der Waals surface area contributed by atoms with Gasteiger partial charge in [0.25, 0.3) is 0 Å². The van der Waals surface area contributed by atoms with Crippen molar-refractivity contribution in [3.8, 4) is 0 Å². The Kier molecular flexibility index (Phi) is 5.65. The van der Waals surface area contributed by atoms with Crippen LogP contribution in [0.5, 0.6) is 0 Å². The lowest BCUT2D eigenvalue weighted by Crippen LogP contribution is -2.06. The van der Waals surface area contributed by atoms with Crippen LogP contribution in [0.25, 0.3) is 0 Å². The molecule has 5 nitrogen and oxygen atoms in total. The van der Waals surface area contributed by atoms with Crippen LogP contribution < -0.4 is 5.32 Å². The Morgan fingerprint density at radius 1 is 1.36 bits per heavy atom. The molecular formula is C14H13F2N3O2S. The molecular weight excluding hydrogens is 312 g/mol. The molecule has 0 saturated heterocycles. The van der Waals surface area contributed by atoms with Gasteiger partial charge in [-0.05, 0) is 18.2 Å². The molecule has 1 aromatic heterocycles. The Labute approximate surface area is 130 Å². The van der Waals surface area contributed by atoms with Crippen LogP contribution in [0.2, 0.25) is 0 Å². The maximum absolute atomic E-state index is 13.5. The van der Waals surface area contributed by atoms with Gasteiger partial charge in [-0.3, -0.25) is 9.78 Å². The van der Waals surface area contributed by atoms with Gasteiger partial charge < -0.3 is 10.1 Å². The minimum atomic E-state index is -0.508. The van der Waals surface area contributed by atoms with Crippen LogP contribution in [-0.2, 0) is 16.1 Å². The van der Waals surface area contributed by atoms with Crippen molar-refractivity contribution < 1.29 is 18.3 Å². The Bertz CT molecular complexity index is 670. The van der Waals surface area contributed by atoms with Crippen molar-refractivity contribution in [2.75, 3.05) is 18.2 Å². The molecule has 0 amide bonds. The third kappa shape index (κ3) is 4.66. The standard InChI is InChI=1S/C14H13F2N3O2S/c1-21-14(20)8-22-13-7-17-6-12(19-13)18-5-9-4-10(15)2-3-11(9)16/h2-4,6-7H,5,8H2,1H3,(H,18,19). The van der Waals surface area contributed by atoms with E-state index < -0.39 is 11.6 Å². The van der Waals surface area contributed by atoms with Gasteiger partial charge >= 0.3 is 5.97 Å². The zero-order chi connectivity index (χ0) is 15.9. The molecule has 0 unspecified atom stereocenters. The van der Waals surface area contributed by atoms with Crippen molar-refractivity contribution in [3.63, 3.8) is 0 Å². The van der Waals surface area contributed by atoms with Crippen molar-refractivity contribution >= 4 is 23.5 Å². The molecule has 0 radical (unpaired) electrons. The van der Waals surface area contributed by atoms with E-state index in [1.807, 2.05) is 0 Å². The third-order valence-electron chi connectivity index (χ3n) is 2.65. The molecule has 0 spiro atoms. The Morgan fingerprint density at radius 2 is 2.18 bits per heavy atom. The van der Waals surface area contributed by atoms with Crippen LogP contribution in [-0.4, -0.2) is 28.8 Å². The molecule has 0 saturated carbocycles. The third-order valence-corrected chi connectivity index (χ3v) is 3.52. The first-order valence-electron chi connectivity index (χ1n) is 6.28. The highest BCUT2D eigenvalue weighted by molar-refractivity contribution is 7.99. The summed E-state index contributed by atoms with van der Waals surface area (Å²) in [6.45, 7) is 0.0728. The maximum atomic E-state index is 13.5. The molecule has 0 aliphatic rings. The lowest BCUT2D eigenvalue weighted by atomic mass is 10.2. The number of hydrogen-bond acceptors (Lipinski definition) is 6. The second-order valence-corrected chi connectivity index (χ2v) is 5.19. The predicted molar refractivity (Wildman–Crippen MR) is 78.5 cm³/mol. The summed E-state index contributed by atoms with van der Waals surface area (Å²) >= 11 is 1.17. The van der Waals surface area contributed by atoms with Gasteiger partial charge in [-0.2, -0.15) is 0 Å². The van der Waals surface area contributed by atoms with Crippen molar-refractivity contribution in [1.82, 2.24) is 9.97 Å². The van der Waals surface area contributed by atoms with Crippen LogP contribution in [0.3, 0.4) is 0 Å². The topological polar surface area (TPSA) is 64.1 Å². The summed E-state index contributed by atoms with van der Waals surface area (Å²) in [6, 6.07) is 3.25. The highest BCUT2D eigenvalue weighted by Gasteiger charge is 2.07. The number of anilines is 1. The minimum absolute atomic E-state index is 0.0728. The van der Waals surface area contributed by atoms with Crippen LogP contribution in [0, 0.1) is 11.6 Å². The number of thioether (sulfide) groups is 1. The fourth-order valence-corrected chi connectivity index (χ4v) is 2.24. The highest BCUT2D eigenvalue weighted by Crippen LogP contribution is 2.17. The first-order chi connectivity index (χ1) is 10.6. The molecule has 0 fully saturated rings. The maximum Gasteiger partial charge on any atom is 0.316 e. The van der Waals surface area contributed by atoms with Crippen molar-refractivity contribution in [2.45, 2.75) is 11.6 Å². The number of methoxy groups -OCH3 is 1. The lowest BCUT2D eigenvalue weighted by molar-refractivity contribution is -0.137. The molecule has 1 N–H and O–H groups in total. The monoisotopic (exact) mass is 325 g/mol. The van der Waals surface area contributed by atoms with E-state index in [9.17, 15) is 13.6 Å². The summed E-state index contributed by atoms with van der Waals surface area (Å²) < 4.78 is 31.1. The molecule has 2 rings (SSSR count). The fourth-order valence-electron chi connectivity index (χ4n) is 1.56. The fraction of sp³-hybridized carbons (Fsp3) is 0.214. The molecule has 116 valence electrons. The summed E-state index contributed by atoms with van der Waals surface area (Å²) in [7, 11) is 1.31. The second-order valence-electron chi connectivity index (χ2n) is 4.20. The minimum Gasteiger partial charge on any atom is -0.468 e. The summed E-state index contributed by atoms with van der Waals surface area (Å²) in [5.74, 6) is -0.858. The number of aromatic nitrogens is 2. The first-order valence-corrected chi connectivity index (χ1v) is 7.26. The van der Waals surface area contributed by atoms with Gasteiger partial charge in [0, 0.05) is 12.1 Å². The number of halogens is 2. The average molecular weight is 325 g/mol. The molecule has 0 aliphatic heterocycles. The molecule has 8 heteroatoms. The normalized spacial score (nSPS) is 10.3. The molecule has 2 aromatic rings. The van der Waals surface area contributed by atoms with E-state index in [-0.39, 0.29) is 23.8 Å². The van der Waals surface area contributed by atoms with Crippen molar-refractivity contribution in [2.24, 2.45) is 0 Å². The van der Waals surface area contributed by atoms with Gasteiger partial charge in [0.1, 0.15) is 22.5 Å². The number of benzene rings is 1. The van der Waals surface area contributed by atoms with Crippen molar-refractivity contribution in [3.05, 3.63) is 47.8 Å². The van der Waals surface area contributed by atoms with E-state index in [1.54, 1.807) is 0 Å². The first kappa shape index (κ1) is 16.2. The largest absolute Gasteiger partial charge is 0.468 e. The molecule has 0 atom stereocenters. The smallest absolute Gasteiger partial charge is 0.316 e. The molecule has 0 aliphatic carbocycles. The van der Waals surface area contributed by atoms with Gasteiger partial charge in [-0.1, -0.05) is 11.8 Å². The summed E-state index contributed by atoms with van der Waals surface area (Å²) in [5.41, 5.74) is 0.189. The van der Waals surface area contributed by atoms with Gasteiger partial charge in [0.15, 0.2) is 0 Å². The lowest BCUT2D eigenvalue weighted by Gasteiger charge is -2.07. The van der Waals surface area contributed by atoms with E-state index in [0.29, 0.717) is 10.8 Å². The predicted octanol–water partition coefficient (Wildman–Crippen LogP) is 2.63. The van der Waals surface area contributed by atoms with E-state index in [4.69, 9.17) is 0 Å².